The van der Waals surface area contributed by atoms with Crippen LogP contribution in [0.15, 0.2) is 48.8 Å². The van der Waals surface area contributed by atoms with Gasteiger partial charge in [0.15, 0.2) is 0 Å². The van der Waals surface area contributed by atoms with Crippen molar-refractivity contribution < 1.29 is 9.53 Å². The Kier molecular flexibility index (Phi) is 6.82. The Morgan fingerprint density at radius 1 is 1.30 bits per heavy atom. The first-order chi connectivity index (χ1) is 9.81. The second-order valence-electron chi connectivity index (χ2n) is 3.58. The highest BCUT2D eigenvalue weighted by molar-refractivity contribution is 5.86. The lowest BCUT2D eigenvalue weighted by atomic mass is 10.3. The van der Waals surface area contributed by atoms with Gasteiger partial charge < -0.3 is 9.30 Å². The van der Waals surface area contributed by atoms with Gasteiger partial charge in [0, 0.05) is 24.2 Å². The first-order valence-corrected chi connectivity index (χ1v) is 6.75. The van der Waals surface area contributed by atoms with Crippen LogP contribution in [0, 0.1) is 0 Å². The fourth-order valence-corrected chi connectivity index (χ4v) is 1.58. The Morgan fingerprint density at radius 2 is 2.00 bits per heavy atom. The van der Waals surface area contributed by atoms with Gasteiger partial charge in [0.25, 0.3) is 0 Å². The first kappa shape index (κ1) is 15.7. The molecule has 0 aliphatic heterocycles. The van der Waals surface area contributed by atoms with Gasteiger partial charge >= 0.3 is 5.97 Å². The molecule has 0 spiro atoms. The average molecular weight is 272 g/mol. The largest absolute Gasteiger partial charge is 0.463 e. The minimum absolute atomic E-state index is 0.361. The lowest BCUT2D eigenvalue weighted by Gasteiger charge is -2.04. The number of carbonyl (C=O) groups is 1. The number of aromatic nitrogens is 2. The predicted molar refractivity (Wildman–Crippen MR) is 80.6 cm³/mol. The van der Waals surface area contributed by atoms with Crippen molar-refractivity contribution in [2.24, 2.45) is 0 Å². The quantitative estimate of drug-likeness (QED) is 0.632. The number of imidazole rings is 1. The molecule has 4 heteroatoms. The normalized spacial score (nSPS) is 9.95. The van der Waals surface area contributed by atoms with Gasteiger partial charge in [0.2, 0.25) is 0 Å². The van der Waals surface area contributed by atoms with Gasteiger partial charge in [-0.1, -0.05) is 32.0 Å². The van der Waals surface area contributed by atoms with Gasteiger partial charge in [0.05, 0.1) is 6.61 Å². The second kappa shape index (κ2) is 8.69. The molecule has 106 valence electrons. The molecule has 20 heavy (non-hydrogen) atoms. The number of rotatable bonds is 4. The third kappa shape index (κ3) is 4.39. The van der Waals surface area contributed by atoms with E-state index in [0.29, 0.717) is 12.4 Å². The average Bonchev–Trinajstić information content (AvgIpc) is 2.97. The van der Waals surface area contributed by atoms with Crippen molar-refractivity contribution in [3.8, 4) is 5.69 Å². The molecule has 0 saturated heterocycles. The fourth-order valence-electron chi connectivity index (χ4n) is 1.58. The summed E-state index contributed by atoms with van der Waals surface area (Å²) < 4.78 is 6.72. The molecule has 2 rings (SSSR count). The van der Waals surface area contributed by atoms with Crippen LogP contribution in [0.1, 0.15) is 26.6 Å². The Bertz CT molecular complexity index is 545. The van der Waals surface area contributed by atoms with Gasteiger partial charge in [0.1, 0.15) is 5.82 Å². The summed E-state index contributed by atoms with van der Waals surface area (Å²) in [5, 5.41) is 0. The second-order valence-corrected chi connectivity index (χ2v) is 3.58. The SMILES string of the molecule is CC.CCOC(=O)/C=C/c1nccn1-c1ccccc1. The van der Waals surface area contributed by atoms with E-state index in [1.54, 1.807) is 19.2 Å². The first-order valence-electron chi connectivity index (χ1n) is 6.75. The van der Waals surface area contributed by atoms with E-state index in [2.05, 4.69) is 4.98 Å². The zero-order valence-electron chi connectivity index (χ0n) is 12.1. The Morgan fingerprint density at radius 3 is 2.65 bits per heavy atom. The maximum absolute atomic E-state index is 11.2. The molecule has 0 bridgehead atoms. The lowest BCUT2D eigenvalue weighted by molar-refractivity contribution is -0.137. The maximum atomic E-state index is 11.2. The molecule has 0 aliphatic rings. The van der Waals surface area contributed by atoms with Crippen LogP contribution < -0.4 is 0 Å². The molecule has 1 aromatic heterocycles. The highest BCUT2D eigenvalue weighted by Gasteiger charge is 2.02. The van der Waals surface area contributed by atoms with Gasteiger partial charge in [-0.25, -0.2) is 9.78 Å². The van der Waals surface area contributed by atoms with Crippen LogP contribution in [0.25, 0.3) is 11.8 Å². The van der Waals surface area contributed by atoms with Gasteiger partial charge in [-0.2, -0.15) is 0 Å². The molecule has 2 aromatic rings. The lowest BCUT2D eigenvalue weighted by Crippen LogP contribution is -2.00. The molecule has 0 amide bonds. The van der Waals surface area contributed by atoms with E-state index in [1.807, 2.05) is 54.9 Å². The van der Waals surface area contributed by atoms with E-state index >= 15 is 0 Å². The van der Waals surface area contributed by atoms with Crippen molar-refractivity contribution in [2.45, 2.75) is 20.8 Å². The number of nitrogens with zero attached hydrogens (tertiary/aromatic N) is 2. The van der Waals surface area contributed by atoms with Crippen LogP contribution in [0.4, 0.5) is 0 Å². The molecule has 0 fully saturated rings. The van der Waals surface area contributed by atoms with Gasteiger partial charge in [-0.05, 0) is 25.1 Å². The molecule has 1 heterocycles. The number of ether oxygens (including phenoxy) is 1. The Labute approximate surface area is 119 Å². The van der Waals surface area contributed by atoms with Crippen molar-refractivity contribution >= 4 is 12.0 Å². The molecule has 0 aliphatic carbocycles. The molecule has 0 atom stereocenters. The van der Waals surface area contributed by atoms with E-state index in [0.717, 1.165) is 5.69 Å². The van der Waals surface area contributed by atoms with Crippen molar-refractivity contribution in [2.75, 3.05) is 6.61 Å². The number of benzene rings is 1. The Balaban J connectivity index is 0.000000956. The summed E-state index contributed by atoms with van der Waals surface area (Å²) >= 11 is 0. The Hall–Kier alpha value is -2.36. The minimum Gasteiger partial charge on any atom is -0.463 e. The molecule has 0 saturated carbocycles. The summed E-state index contributed by atoms with van der Waals surface area (Å²) in [5.41, 5.74) is 0.999. The monoisotopic (exact) mass is 272 g/mol. The smallest absolute Gasteiger partial charge is 0.330 e. The van der Waals surface area contributed by atoms with E-state index in [9.17, 15) is 4.79 Å². The number of hydrogen-bond donors (Lipinski definition) is 0. The summed E-state index contributed by atoms with van der Waals surface area (Å²) in [6, 6.07) is 9.81. The van der Waals surface area contributed by atoms with Gasteiger partial charge in [-0.15, -0.1) is 0 Å². The summed E-state index contributed by atoms with van der Waals surface area (Å²) in [7, 11) is 0. The fraction of sp³-hybridized carbons (Fsp3) is 0.250. The van der Waals surface area contributed by atoms with Gasteiger partial charge in [-0.3, -0.25) is 0 Å². The summed E-state index contributed by atoms with van der Waals surface area (Å²) in [6.07, 6.45) is 6.56. The molecule has 0 radical (unpaired) electrons. The van der Waals surface area contributed by atoms with Crippen LogP contribution >= 0.6 is 0 Å². The van der Waals surface area contributed by atoms with Crippen molar-refractivity contribution in [1.82, 2.24) is 9.55 Å². The highest BCUT2D eigenvalue weighted by atomic mass is 16.5. The van der Waals surface area contributed by atoms with Crippen LogP contribution in [0.2, 0.25) is 0 Å². The zero-order chi connectivity index (χ0) is 14.8. The van der Waals surface area contributed by atoms with E-state index in [4.69, 9.17) is 4.74 Å². The zero-order valence-corrected chi connectivity index (χ0v) is 12.1. The summed E-state index contributed by atoms with van der Waals surface area (Å²) in [5.74, 6) is 0.328. The molecule has 1 aromatic carbocycles. The molecule has 0 N–H and O–H groups in total. The third-order valence-electron chi connectivity index (χ3n) is 2.36. The predicted octanol–water partition coefficient (Wildman–Crippen LogP) is 3.47. The highest BCUT2D eigenvalue weighted by Crippen LogP contribution is 2.11. The van der Waals surface area contributed by atoms with E-state index in [-0.39, 0.29) is 5.97 Å². The van der Waals surface area contributed by atoms with Crippen molar-refractivity contribution in [1.29, 1.82) is 0 Å². The van der Waals surface area contributed by atoms with Crippen molar-refractivity contribution in [3.63, 3.8) is 0 Å². The topological polar surface area (TPSA) is 44.1 Å². The molecular formula is C16H20N2O2. The van der Waals surface area contributed by atoms with E-state index in [1.165, 1.54) is 6.08 Å². The number of esters is 1. The van der Waals surface area contributed by atoms with Crippen molar-refractivity contribution in [3.05, 3.63) is 54.6 Å². The van der Waals surface area contributed by atoms with E-state index < -0.39 is 0 Å². The minimum atomic E-state index is -0.361. The van der Waals surface area contributed by atoms with Crippen LogP contribution in [-0.2, 0) is 9.53 Å². The molecular weight excluding hydrogens is 252 g/mol. The van der Waals surface area contributed by atoms with Crippen LogP contribution in [-0.4, -0.2) is 22.1 Å². The molecule has 0 unspecified atom stereocenters. The molecule has 4 nitrogen and oxygen atoms in total. The summed E-state index contributed by atoms with van der Waals surface area (Å²) in [6.45, 7) is 6.15. The third-order valence-corrected chi connectivity index (χ3v) is 2.36. The maximum Gasteiger partial charge on any atom is 0.330 e. The number of para-hydroxylation sites is 1. The number of hydrogen-bond acceptors (Lipinski definition) is 3. The van der Waals surface area contributed by atoms with Crippen LogP contribution in [0.5, 0.6) is 0 Å². The van der Waals surface area contributed by atoms with Crippen LogP contribution in [0.3, 0.4) is 0 Å². The number of carbonyl (C=O) groups excluding carboxylic acids is 1. The standard InChI is InChI=1S/C14H14N2O2.C2H6/c1-2-18-14(17)9-8-13-15-10-11-16(13)12-6-4-3-5-7-12;1-2/h3-11H,2H2,1H3;1-2H3/b9-8+;. The summed E-state index contributed by atoms with van der Waals surface area (Å²) in [4.78, 5) is 15.4.